The van der Waals surface area contributed by atoms with Gasteiger partial charge in [-0.05, 0) is 51.3 Å². The minimum Gasteiger partial charge on any atom is -0.496 e. The summed E-state index contributed by atoms with van der Waals surface area (Å²) in [5, 5.41) is 16.6. The minimum absolute atomic E-state index is 0.142. The Hall–Kier alpha value is -3.03. The Morgan fingerprint density at radius 2 is 1.74 bits per heavy atom. The first kappa shape index (κ1) is 24.2. The summed E-state index contributed by atoms with van der Waals surface area (Å²) in [6, 6.07) is 6.68. The molecule has 8 nitrogen and oxygen atoms in total. The zero-order valence-corrected chi connectivity index (χ0v) is 19.4. The summed E-state index contributed by atoms with van der Waals surface area (Å²) in [7, 11) is 3.15. The van der Waals surface area contributed by atoms with Crippen LogP contribution >= 0.6 is 0 Å². The van der Waals surface area contributed by atoms with Crippen LogP contribution in [-0.4, -0.2) is 47.0 Å². The van der Waals surface area contributed by atoms with E-state index >= 15 is 0 Å². The molecule has 0 fully saturated rings. The average Bonchev–Trinajstić information content (AvgIpc) is 3.11. The topological polar surface area (TPSA) is 103 Å². The molecule has 2 aromatic rings. The monoisotopic (exact) mass is 431 g/mol. The first-order valence-electron chi connectivity index (χ1n) is 10.3. The Morgan fingerprint density at radius 3 is 2.19 bits per heavy atom. The molecule has 0 aliphatic heterocycles. The summed E-state index contributed by atoms with van der Waals surface area (Å²) >= 11 is 0. The van der Waals surface area contributed by atoms with Gasteiger partial charge in [0.1, 0.15) is 11.5 Å². The highest BCUT2D eigenvalue weighted by Gasteiger charge is 2.28. The molecule has 8 heteroatoms. The fourth-order valence-corrected chi connectivity index (χ4v) is 3.52. The van der Waals surface area contributed by atoms with Crippen molar-refractivity contribution in [3.8, 4) is 22.8 Å². The maximum Gasteiger partial charge on any atom is 0.305 e. The van der Waals surface area contributed by atoms with E-state index < -0.39 is 23.5 Å². The molecule has 170 valence electrons. The third-order valence-corrected chi connectivity index (χ3v) is 4.77. The first-order chi connectivity index (χ1) is 14.5. The van der Waals surface area contributed by atoms with Gasteiger partial charge in [0.25, 0.3) is 5.91 Å². The van der Waals surface area contributed by atoms with Gasteiger partial charge in [-0.1, -0.05) is 19.9 Å². The number of hydrogen-bond acceptors (Lipinski definition) is 5. The molecule has 0 spiro atoms. The molecule has 2 rings (SSSR count). The van der Waals surface area contributed by atoms with Crippen molar-refractivity contribution >= 4 is 11.9 Å². The predicted octanol–water partition coefficient (Wildman–Crippen LogP) is 3.94. The number of hydrogen-bond donors (Lipinski definition) is 2. The highest BCUT2D eigenvalue weighted by molar-refractivity contribution is 5.94. The Bertz CT molecular complexity index is 906. The second-order valence-electron chi connectivity index (χ2n) is 8.93. The number of nitrogens with zero attached hydrogens (tertiary/aromatic N) is 2. The predicted molar refractivity (Wildman–Crippen MR) is 119 cm³/mol. The molecule has 0 aliphatic carbocycles. The Balaban J connectivity index is 2.52. The normalized spacial score (nSPS) is 12.5. The molecule has 0 saturated carbocycles. The lowest BCUT2D eigenvalue weighted by Crippen LogP contribution is -2.38. The van der Waals surface area contributed by atoms with E-state index in [1.807, 2.05) is 52.8 Å². The number of rotatable bonds is 9. The van der Waals surface area contributed by atoms with Crippen LogP contribution in [0.4, 0.5) is 0 Å². The largest absolute Gasteiger partial charge is 0.496 e. The summed E-state index contributed by atoms with van der Waals surface area (Å²) in [6.45, 7) is 9.93. The van der Waals surface area contributed by atoms with E-state index in [4.69, 9.17) is 9.47 Å². The summed E-state index contributed by atoms with van der Waals surface area (Å²) in [6.07, 6.45) is 0.419. The second kappa shape index (κ2) is 9.85. The quantitative estimate of drug-likeness (QED) is 0.623. The van der Waals surface area contributed by atoms with E-state index in [9.17, 15) is 14.7 Å². The molecule has 1 atom stereocenters. The second-order valence-corrected chi connectivity index (χ2v) is 8.93. The van der Waals surface area contributed by atoms with Gasteiger partial charge in [-0.3, -0.25) is 14.3 Å². The van der Waals surface area contributed by atoms with E-state index in [2.05, 4.69) is 10.4 Å². The number of carbonyl (C=O) groups is 2. The lowest BCUT2D eigenvalue weighted by atomic mass is 10.0. The van der Waals surface area contributed by atoms with Crippen LogP contribution in [-0.2, 0) is 10.3 Å². The van der Waals surface area contributed by atoms with Gasteiger partial charge in [0, 0.05) is 6.04 Å². The molecule has 0 aliphatic rings. The minimum atomic E-state index is -0.953. The SMILES string of the molecule is COc1cccc(OC)c1-c1cc(C(=O)N[C@H](CC(=O)O)CC(C)C)nn1C(C)(C)C. The van der Waals surface area contributed by atoms with Crippen molar-refractivity contribution in [2.24, 2.45) is 5.92 Å². The van der Waals surface area contributed by atoms with Crippen LogP contribution in [0.2, 0.25) is 0 Å². The van der Waals surface area contributed by atoms with Crippen molar-refractivity contribution in [1.29, 1.82) is 0 Å². The number of ether oxygens (including phenoxy) is 2. The van der Waals surface area contributed by atoms with Gasteiger partial charge in [0.2, 0.25) is 0 Å². The maximum atomic E-state index is 13.0. The number of methoxy groups -OCH3 is 2. The van der Waals surface area contributed by atoms with Crippen LogP contribution in [0, 0.1) is 5.92 Å². The molecule has 0 saturated heterocycles. The molecule has 1 aromatic heterocycles. The van der Waals surface area contributed by atoms with Crippen LogP contribution in [0.1, 0.15) is 57.9 Å². The number of amides is 1. The van der Waals surface area contributed by atoms with Crippen molar-refractivity contribution < 1.29 is 24.2 Å². The van der Waals surface area contributed by atoms with E-state index in [0.717, 1.165) is 0 Å². The number of carbonyl (C=O) groups excluding carboxylic acids is 1. The molecular formula is C23H33N3O5. The van der Waals surface area contributed by atoms with Gasteiger partial charge in [0.05, 0.1) is 37.4 Å². The molecule has 31 heavy (non-hydrogen) atoms. The zero-order valence-electron chi connectivity index (χ0n) is 19.4. The number of benzene rings is 1. The Kier molecular flexibility index (Phi) is 7.70. The number of aromatic nitrogens is 2. The third-order valence-electron chi connectivity index (χ3n) is 4.77. The van der Waals surface area contributed by atoms with E-state index in [1.165, 1.54) is 0 Å². The van der Waals surface area contributed by atoms with Crippen LogP contribution in [0.3, 0.4) is 0 Å². The van der Waals surface area contributed by atoms with Crippen LogP contribution < -0.4 is 14.8 Å². The number of carboxylic acid groups (broad SMARTS) is 1. The van der Waals surface area contributed by atoms with Crippen molar-refractivity contribution in [3.63, 3.8) is 0 Å². The molecule has 0 radical (unpaired) electrons. The summed E-state index contributed by atoms with van der Waals surface area (Å²) in [4.78, 5) is 24.2. The van der Waals surface area contributed by atoms with Crippen molar-refractivity contribution in [1.82, 2.24) is 15.1 Å². The summed E-state index contributed by atoms with van der Waals surface area (Å²) in [5.41, 5.74) is 1.14. The van der Waals surface area contributed by atoms with Crippen LogP contribution in [0.5, 0.6) is 11.5 Å². The molecular weight excluding hydrogens is 398 g/mol. The van der Waals surface area contributed by atoms with Crippen molar-refractivity contribution in [2.75, 3.05) is 14.2 Å². The summed E-state index contributed by atoms with van der Waals surface area (Å²) < 4.78 is 12.9. The fourth-order valence-electron chi connectivity index (χ4n) is 3.52. The molecule has 1 amide bonds. The lowest BCUT2D eigenvalue weighted by Gasteiger charge is -2.24. The maximum absolute atomic E-state index is 13.0. The van der Waals surface area contributed by atoms with Gasteiger partial charge in [-0.15, -0.1) is 0 Å². The van der Waals surface area contributed by atoms with E-state index in [0.29, 0.717) is 29.2 Å². The van der Waals surface area contributed by atoms with Gasteiger partial charge >= 0.3 is 5.97 Å². The standard InChI is InChI=1S/C23H33N3O5/c1-14(2)11-15(12-20(27)28)24-22(29)16-13-17(26(25-16)23(3,4)5)21-18(30-6)9-8-10-19(21)31-7/h8-10,13-15H,11-12H2,1-7H3,(H,24,29)(H,27,28)/t15-/m0/s1. The highest BCUT2D eigenvalue weighted by Crippen LogP contribution is 2.40. The first-order valence-corrected chi connectivity index (χ1v) is 10.3. The van der Waals surface area contributed by atoms with E-state index in [-0.39, 0.29) is 18.0 Å². The molecule has 0 unspecified atom stereocenters. The van der Waals surface area contributed by atoms with Gasteiger partial charge in [0.15, 0.2) is 5.69 Å². The third kappa shape index (κ3) is 5.99. The highest BCUT2D eigenvalue weighted by atomic mass is 16.5. The van der Waals surface area contributed by atoms with Gasteiger partial charge in [-0.25, -0.2) is 0 Å². The lowest BCUT2D eigenvalue weighted by molar-refractivity contribution is -0.137. The molecule has 2 N–H and O–H groups in total. The molecule has 0 bridgehead atoms. The van der Waals surface area contributed by atoms with Gasteiger partial charge < -0.3 is 19.9 Å². The smallest absolute Gasteiger partial charge is 0.305 e. The average molecular weight is 432 g/mol. The molecule has 1 aromatic carbocycles. The number of carboxylic acids is 1. The van der Waals surface area contributed by atoms with Crippen LogP contribution in [0.25, 0.3) is 11.3 Å². The Morgan fingerprint density at radius 1 is 1.16 bits per heavy atom. The summed E-state index contributed by atoms with van der Waals surface area (Å²) in [5.74, 6) is 0.0707. The number of nitrogens with one attached hydrogen (secondary N) is 1. The van der Waals surface area contributed by atoms with E-state index in [1.54, 1.807) is 25.0 Å². The van der Waals surface area contributed by atoms with Crippen molar-refractivity contribution in [3.05, 3.63) is 30.0 Å². The van der Waals surface area contributed by atoms with Crippen molar-refractivity contribution in [2.45, 2.75) is 59.0 Å². The van der Waals surface area contributed by atoms with Gasteiger partial charge in [-0.2, -0.15) is 5.10 Å². The number of aliphatic carboxylic acids is 1. The molecule has 1 heterocycles. The Labute approximate surface area is 183 Å². The fraction of sp³-hybridized carbons (Fsp3) is 0.522. The zero-order chi connectivity index (χ0) is 23.3. The van der Waals surface area contributed by atoms with Crippen LogP contribution in [0.15, 0.2) is 24.3 Å².